The van der Waals surface area contributed by atoms with E-state index in [4.69, 9.17) is 0 Å². The molecule has 0 saturated heterocycles. The summed E-state index contributed by atoms with van der Waals surface area (Å²) < 4.78 is 2.20. The van der Waals surface area contributed by atoms with Gasteiger partial charge < -0.3 is 0 Å². The van der Waals surface area contributed by atoms with Crippen LogP contribution in [-0.4, -0.2) is 9.38 Å². The fraction of sp³-hybridized carbons (Fsp3) is 0.444. The number of aromatic nitrogens is 2. The van der Waals surface area contributed by atoms with Crippen molar-refractivity contribution in [1.82, 2.24) is 9.38 Å². The van der Waals surface area contributed by atoms with Gasteiger partial charge in [-0.3, -0.25) is 4.40 Å². The van der Waals surface area contributed by atoms with Crippen molar-refractivity contribution < 1.29 is 0 Å². The maximum absolute atomic E-state index is 4.34. The lowest BCUT2D eigenvalue weighted by Gasteiger charge is -1.89. The lowest BCUT2D eigenvalue weighted by Crippen LogP contribution is -1.85. The zero-order chi connectivity index (χ0) is 8.55. The van der Waals surface area contributed by atoms with Gasteiger partial charge in [-0.2, -0.15) is 0 Å². The average molecular weight is 180 g/mol. The van der Waals surface area contributed by atoms with E-state index in [1.165, 1.54) is 10.6 Å². The topological polar surface area (TPSA) is 17.3 Å². The van der Waals surface area contributed by atoms with Crippen LogP contribution in [-0.2, 0) is 12.8 Å². The van der Waals surface area contributed by atoms with Crippen LogP contribution in [0.25, 0.3) is 4.96 Å². The summed E-state index contributed by atoms with van der Waals surface area (Å²) in [7, 11) is 0. The molecule has 0 aliphatic carbocycles. The van der Waals surface area contributed by atoms with E-state index in [-0.39, 0.29) is 0 Å². The normalized spacial score (nSPS) is 11.2. The van der Waals surface area contributed by atoms with E-state index < -0.39 is 0 Å². The van der Waals surface area contributed by atoms with Gasteiger partial charge in [0.15, 0.2) is 4.96 Å². The Labute approximate surface area is 75.9 Å². The lowest BCUT2D eigenvalue weighted by molar-refractivity contribution is 0.995. The number of thiazole rings is 1. The Kier molecular flexibility index (Phi) is 1.89. The van der Waals surface area contributed by atoms with Crippen LogP contribution in [0.5, 0.6) is 0 Å². The second kappa shape index (κ2) is 2.90. The van der Waals surface area contributed by atoms with E-state index in [1.807, 2.05) is 6.20 Å². The average Bonchev–Trinajstić information content (AvgIpc) is 2.61. The lowest BCUT2D eigenvalue weighted by atomic mass is 10.4. The summed E-state index contributed by atoms with van der Waals surface area (Å²) in [6.45, 7) is 4.34. The minimum absolute atomic E-state index is 1.06. The minimum Gasteiger partial charge on any atom is -0.294 e. The van der Waals surface area contributed by atoms with Gasteiger partial charge in [0.25, 0.3) is 0 Å². The maximum atomic E-state index is 4.34. The molecule has 0 atom stereocenters. The molecule has 2 aromatic heterocycles. The molecule has 2 heterocycles. The summed E-state index contributed by atoms with van der Waals surface area (Å²) in [4.78, 5) is 6.88. The first-order valence-electron chi connectivity index (χ1n) is 4.29. The molecule has 0 radical (unpaired) electrons. The van der Waals surface area contributed by atoms with Gasteiger partial charge in [0.2, 0.25) is 0 Å². The SMILES string of the molecule is CCc1cn2c(CC)cnc2s1. The minimum atomic E-state index is 1.06. The van der Waals surface area contributed by atoms with E-state index in [1.54, 1.807) is 11.3 Å². The monoisotopic (exact) mass is 180 g/mol. The number of imidazole rings is 1. The second-order valence-electron chi connectivity index (χ2n) is 2.81. The molecule has 0 aromatic carbocycles. The van der Waals surface area contributed by atoms with Crippen molar-refractivity contribution in [3.05, 3.63) is 23.0 Å². The van der Waals surface area contributed by atoms with Crippen LogP contribution in [0.15, 0.2) is 12.4 Å². The molecule has 3 heteroatoms. The largest absolute Gasteiger partial charge is 0.294 e. The summed E-state index contributed by atoms with van der Waals surface area (Å²) in [6, 6.07) is 0. The van der Waals surface area contributed by atoms with Gasteiger partial charge >= 0.3 is 0 Å². The van der Waals surface area contributed by atoms with Crippen molar-refractivity contribution >= 4 is 16.3 Å². The molecule has 0 unspecified atom stereocenters. The third-order valence-corrected chi connectivity index (χ3v) is 3.19. The number of nitrogens with zero attached hydrogens (tertiary/aromatic N) is 2. The van der Waals surface area contributed by atoms with Crippen molar-refractivity contribution in [2.45, 2.75) is 26.7 Å². The number of aryl methyl sites for hydroxylation is 2. The molecule has 0 saturated carbocycles. The molecule has 0 N–H and O–H groups in total. The third-order valence-electron chi connectivity index (χ3n) is 2.05. The molecule has 0 spiro atoms. The highest BCUT2D eigenvalue weighted by Crippen LogP contribution is 2.19. The molecule has 0 fully saturated rings. The van der Waals surface area contributed by atoms with Crippen LogP contribution < -0.4 is 0 Å². The molecule has 0 amide bonds. The Balaban J connectivity index is 2.60. The number of rotatable bonds is 2. The van der Waals surface area contributed by atoms with Gasteiger partial charge in [0.1, 0.15) is 0 Å². The van der Waals surface area contributed by atoms with Crippen LogP contribution in [0.3, 0.4) is 0 Å². The number of hydrogen-bond acceptors (Lipinski definition) is 2. The van der Waals surface area contributed by atoms with Gasteiger partial charge in [-0.1, -0.05) is 13.8 Å². The molecular formula is C9H12N2S. The number of fused-ring (bicyclic) bond motifs is 1. The Morgan fingerprint density at radius 3 is 2.92 bits per heavy atom. The van der Waals surface area contributed by atoms with E-state index in [9.17, 15) is 0 Å². The highest BCUT2D eigenvalue weighted by molar-refractivity contribution is 7.17. The van der Waals surface area contributed by atoms with Gasteiger partial charge in [0, 0.05) is 16.8 Å². The van der Waals surface area contributed by atoms with Crippen LogP contribution >= 0.6 is 11.3 Å². The molecule has 2 aromatic rings. The predicted octanol–water partition coefficient (Wildman–Crippen LogP) is 2.52. The zero-order valence-corrected chi connectivity index (χ0v) is 8.19. The van der Waals surface area contributed by atoms with Crippen LogP contribution in [0, 0.1) is 0 Å². The molecule has 64 valence electrons. The summed E-state index contributed by atoms with van der Waals surface area (Å²) in [5, 5.41) is 0. The van der Waals surface area contributed by atoms with Crippen molar-refractivity contribution in [3.8, 4) is 0 Å². The molecule has 0 aliphatic rings. The maximum Gasteiger partial charge on any atom is 0.194 e. The number of hydrogen-bond donors (Lipinski definition) is 0. The van der Waals surface area contributed by atoms with E-state index in [0.29, 0.717) is 0 Å². The molecule has 0 bridgehead atoms. The second-order valence-corrected chi connectivity index (χ2v) is 3.90. The van der Waals surface area contributed by atoms with Crippen molar-refractivity contribution in [2.24, 2.45) is 0 Å². The van der Waals surface area contributed by atoms with Gasteiger partial charge in [-0.15, -0.1) is 11.3 Å². The summed E-state index contributed by atoms with van der Waals surface area (Å²) in [5.74, 6) is 0. The molecule has 2 nitrogen and oxygen atoms in total. The molecule has 2 rings (SSSR count). The summed E-state index contributed by atoms with van der Waals surface area (Å²) in [6.07, 6.45) is 6.33. The Hall–Kier alpha value is -0.830. The van der Waals surface area contributed by atoms with Gasteiger partial charge in [-0.25, -0.2) is 4.98 Å². The molecule has 0 aliphatic heterocycles. The molecular weight excluding hydrogens is 168 g/mol. The Bertz CT molecular complexity index is 386. The fourth-order valence-corrected chi connectivity index (χ4v) is 2.21. The van der Waals surface area contributed by atoms with Crippen molar-refractivity contribution in [3.63, 3.8) is 0 Å². The highest BCUT2D eigenvalue weighted by Gasteiger charge is 2.04. The first kappa shape index (κ1) is 7.80. The smallest absolute Gasteiger partial charge is 0.194 e. The first-order chi connectivity index (χ1) is 5.85. The quantitative estimate of drug-likeness (QED) is 0.694. The standard InChI is InChI=1S/C9H12N2S/c1-3-7-5-10-9-11(7)6-8(4-2)12-9/h5-6H,3-4H2,1-2H3. The van der Waals surface area contributed by atoms with Crippen molar-refractivity contribution in [1.29, 1.82) is 0 Å². The highest BCUT2D eigenvalue weighted by atomic mass is 32.1. The van der Waals surface area contributed by atoms with E-state index in [2.05, 4.69) is 29.4 Å². The predicted molar refractivity (Wildman–Crippen MR) is 51.8 cm³/mol. The summed E-state index contributed by atoms with van der Waals surface area (Å²) in [5.41, 5.74) is 1.31. The summed E-state index contributed by atoms with van der Waals surface area (Å²) >= 11 is 1.79. The van der Waals surface area contributed by atoms with Gasteiger partial charge in [0.05, 0.1) is 6.20 Å². The van der Waals surface area contributed by atoms with Crippen LogP contribution in [0.2, 0.25) is 0 Å². The Morgan fingerprint density at radius 2 is 2.25 bits per heavy atom. The zero-order valence-electron chi connectivity index (χ0n) is 7.37. The van der Waals surface area contributed by atoms with E-state index in [0.717, 1.165) is 17.8 Å². The Morgan fingerprint density at radius 1 is 1.42 bits per heavy atom. The molecule has 12 heavy (non-hydrogen) atoms. The fourth-order valence-electron chi connectivity index (χ4n) is 1.30. The van der Waals surface area contributed by atoms with E-state index >= 15 is 0 Å². The van der Waals surface area contributed by atoms with Crippen LogP contribution in [0.1, 0.15) is 24.4 Å². The van der Waals surface area contributed by atoms with Gasteiger partial charge in [-0.05, 0) is 12.8 Å². The third kappa shape index (κ3) is 1.05. The first-order valence-corrected chi connectivity index (χ1v) is 5.11. The van der Waals surface area contributed by atoms with Crippen LogP contribution in [0.4, 0.5) is 0 Å². The van der Waals surface area contributed by atoms with Crippen molar-refractivity contribution in [2.75, 3.05) is 0 Å².